The molecule has 6 heteroatoms. The maximum Gasteiger partial charge on any atom is 0.233 e. The van der Waals surface area contributed by atoms with E-state index in [1.54, 1.807) is 13.8 Å². The Morgan fingerprint density at radius 1 is 1.50 bits per heavy atom. The molecular weight excluding hydrogens is 197 g/mol. The molecular formula is C6H14NO3PS. The van der Waals surface area contributed by atoms with Crippen molar-refractivity contribution < 1.29 is 14.6 Å². The highest BCUT2D eigenvalue weighted by atomic mass is 32.5. The molecule has 0 saturated carbocycles. The van der Waals surface area contributed by atoms with Crippen molar-refractivity contribution >= 4 is 24.2 Å². The Morgan fingerprint density at radius 2 is 1.83 bits per heavy atom. The lowest BCUT2D eigenvalue weighted by atomic mass is 10.0. The van der Waals surface area contributed by atoms with Gasteiger partial charge in [-0.3, -0.25) is 4.79 Å². The normalized spacial score (nSPS) is 13.0. The molecule has 72 valence electrons. The average Bonchev–Trinajstić information content (AvgIpc) is 1.87. The first kappa shape index (κ1) is 12.0. The summed E-state index contributed by atoms with van der Waals surface area (Å²) in [5.74, 6) is -0.721. The van der Waals surface area contributed by atoms with E-state index in [0.29, 0.717) is 0 Å². The van der Waals surface area contributed by atoms with Gasteiger partial charge in [-0.25, -0.2) is 0 Å². The second kappa shape index (κ2) is 3.83. The lowest BCUT2D eigenvalue weighted by molar-refractivity contribution is -0.121. The van der Waals surface area contributed by atoms with E-state index in [1.165, 1.54) is 0 Å². The van der Waals surface area contributed by atoms with E-state index in [0.717, 1.165) is 0 Å². The van der Waals surface area contributed by atoms with Gasteiger partial charge in [-0.05, 0) is 24.6 Å². The van der Waals surface area contributed by atoms with E-state index in [2.05, 4.69) is 11.8 Å². The van der Waals surface area contributed by atoms with Gasteiger partial charge in [0.15, 0.2) is 6.49 Å². The fraction of sp³-hybridized carbons (Fsp3) is 0.833. The summed E-state index contributed by atoms with van der Waals surface area (Å²) in [7, 11) is 0. The molecule has 0 aliphatic heterocycles. The van der Waals surface area contributed by atoms with E-state index < -0.39 is 17.6 Å². The van der Waals surface area contributed by atoms with Crippen molar-refractivity contribution in [3.05, 3.63) is 0 Å². The molecule has 0 aliphatic carbocycles. The van der Waals surface area contributed by atoms with Crippen molar-refractivity contribution in [2.24, 2.45) is 5.73 Å². The maximum atomic E-state index is 11.0. The molecule has 0 atom stereocenters. The first-order valence-electron chi connectivity index (χ1n) is 3.67. The molecule has 0 bridgehead atoms. The molecule has 12 heavy (non-hydrogen) atoms. The molecule has 4 nitrogen and oxygen atoms in total. The summed E-state index contributed by atoms with van der Waals surface area (Å²) in [6.07, 6.45) is 0.534. The number of carbonyl (C=O) groups excluding carboxylic acids is 1. The quantitative estimate of drug-likeness (QED) is 0.585. The third-order valence-corrected chi connectivity index (χ3v) is 5.20. The maximum absolute atomic E-state index is 11.0. The Balaban J connectivity index is 5.12. The van der Waals surface area contributed by atoms with Crippen LogP contribution < -0.4 is 5.73 Å². The predicted octanol–water partition coefficient (Wildman–Crippen LogP) is 0.325. The van der Waals surface area contributed by atoms with E-state index in [4.69, 9.17) is 5.73 Å². The van der Waals surface area contributed by atoms with Gasteiger partial charge in [0.25, 0.3) is 0 Å². The molecule has 4 N–H and O–H groups in total. The van der Waals surface area contributed by atoms with Gasteiger partial charge >= 0.3 is 0 Å². The van der Waals surface area contributed by atoms with Crippen LogP contribution in [0, 0.1) is 0 Å². The predicted molar refractivity (Wildman–Crippen MR) is 51.2 cm³/mol. The second-order valence-corrected chi connectivity index (χ2v) is 6.12. The highest BCUT2D eigenvalue weighted by molar-refractivity contribution is 8.10. The van der Waals surface area contributed by atoms with Crippen LogP contribution in [0.15, 0.2) is 0 Å². The van der Waals surface area contributed by atoms with Crippen LogP contribution in [-0.2, 0) is 16.6 Å². The van der Waals surface area contributed by atoms with Gasteiger partial charge in [-0.2, -0.15) is 0 Å². The number of carbonyl (C=O) groups is 1. The van der Waals surface area contributed by atoms with Crippen LogP contribution in [0.2, 0.25) is 0 Å². The van der Waals surface area contributed by atoms with Gasteiger partial charge in [0.05, 0.1) is 0 Å². The first-order valence-corrected chi connectivity index (χ1v) is 6.38. The number of amides is 1. The lowest BCUT2D eigenvalue weighted by Gasteiger charge is -2.31. The highest BCUT2D eigenvalue weighted by Crippen LogP contribution is 2.54. The zero-order valence-corrected chi connectivity index (χ0v) is 8.86. The molecule has 0 aromatic rings. The van der Waals surface area contributed by atoms with Gasteiger partial charge < -0.3 is 15.5 Å². The third-order valence-electron chi connectivity index (χ3n) is 2.19. The molecule has 0 heterocycles. The van der Waals surface area contributed by atoms with E-state index in [-0.39, 0.29) is 12.8 Å². The third kappa shape index (κ3) is 1.85. The molecule has 0 rings (SSSR count). The molecule has 0 unspecified atom stereocenters. The lowest BCUT2D eigenvalue weighted by Crippen LogP contribution is -2.42. The van der Waals surface area contributed by atoms with Crippen LogP contribution in [0.1, 0.15) is 26.7 Å². The highest BCUT2D eigenvalue weighted by Gasteiger charge is 2.45. The molecule has 0 aromatic carbocycles. The number of hydrogen-bond acceptors (Lipinski definition) is 2. The molecule has 0 aromatic heterocycles. The van der Waals surface area contributed by atoms with E-state index in [9.17, 15) is 14.6 Å². The van der Waals surface area contributed by atoms with Crippen molar-refractivity contribution in [2.75, 3.05) is 0 Å². The number of nitrogens with two attached hydrogens (primary N) is 1. The van der Waals surface area contributed by atoms with Gasteiger partial charge in [0, 0.05) is 0 Å². The topological polar surface area (TPSA) is 83.6 Å². The minimum Gasteiger partial charge on any atom is -0.369 e. The Labute approximate surface area is 76.9 Å². The number of primary amides is 1. The fourth-order valence-electron chi connectivity index (χ4n) is 1.15. The molecule has 1 amide bonds. The minimum absolute atomic E-state index is 0.267. The van der Waals surface area contributed by atoms with Gasteiger partial charge in [0.2, 0.25) is 5.91 Å². The summed E-state index contributed by atoms with van der Waals surface area (Å²) >= 11 is 4.51. The average molecular weight is 211 g/mol. The van der Waals surface area contributed by atoms with Crippen LogP contribution in [0.5, 0.6) is 0 Å². The molecule has 0 saturated heterocycles. The molecule has 0 spiro atoms. The Morgan fingerprint density at radius 3 is 1.83 bits per heavy atom. The summed E-state index contributed by atoms with van der Waals surface area (Å²) in [5, 5.41) is -1.30. The molecule has 0 radical (unpaired) electrons. The number of rotatable bonds is 4. The van der Waals surface area contributed by atoms with Crippen molar-refractivity contribution in [3.8, 4) is 0 Å². The summed E-state index contributed by atoms with van der Waals surface area (Å²) in [6, 6.07) is 0. The van der Waals surface area contributed by atoms with Gasteiger partial charge in [-0.1, -0.05) is 13.8 Å². The Hall–Kier alpha value is 0.0400. The molecule has 0 aliphatic rings. The SMILES string of the molecule is CCC(CC)(C(N)=O)P(O)(O)=S. The van der Waals surface area contributed by atoms with Crippen LogP contribution in [0.3, 0.4) is 0 Å². The summed E-state index contributed by atoms with van der Waals surface area (Å²) in [5.41, 5.74) is 5.08. The summed E-state index contributed by atoms with van der Waals surface area (Å²) in [6.45, 7) is -0.267. The largest absolute Gasteiger partial charge is 0.369 e. The summed E-state index contributed by atoms with van der Waals surface area (Å²) in [4.78, 5) is 29.6. The standard InChI is InChI=1S/C6H14NO3PS/c1-3-6(4-2,5(7)8)11(9,10)12/h3-4H2,1-2H3,(H2,7,8)(H2,9,10,12). The Bertz CT molecular complexity index is 221. The van der Waals surface area contributed by atoms with Crippen molar-refractivity contribution in [2.45, 2.75) is 31.8 Å². The number of hydrogen-bond donors (Lipinski definition) is 3. The zero-order chi connectivity index (χ0) is 9.99. The fourth-order valence-corrected chi connectivity index (χ4v) is 3.31. The van der Waals surface area contributed by atoms with Crippen molar-refractivity contribution in [1.82, 2.24) is 0 Å². The van der Waals surface area contributed by atoms with Crippen LogP contribution in [0.4, 0.5) is 0 Å². The van der Waals surface area contributed by atoms with E-state index in [1.807, 2.05) is 0 Å². The van der Waals surface area contributed by atoms with Gasteiger partial charge in [-0.15, -0.1) is 0 Å². The van der Waals surface area contributed by atoms with E-state index >= 15 is 0 Å². The minimum atomic E-state index is -3.60. The zero-order valence-electron chi connectivity index (χ0n) is 7.15. The summed E-state index contributed by atoms with van der Waals surface area (Å²) < 4.78 is 0. The smallest absolute Gasteiger partial charge is 0.233 e. The van der Waals surface area contributed by atoms with Crippen LogP contribution >= 0.6 is 6.49 Å². The first-order chi connectivity index (χ1) is 5.31. The molecule has 0 fully saturated rings. The van der Waals surface area contributed by atoms with Crippen LogP contribution in [-0.4, -0.2) is 20.9 Å². The monoisotopic (exact) mass is 211 g/mol. The Kier molecular flexibility index (Phi) is 3.85. The van der Waals surface area contributed by atoms with Crippen LogP contribution in [0.25, 0.3) is 0 Å². The van der Waals surface area contributed by atoms with Crippen molar-refractivity contribution in [1.29, 1.82) is 0 Å². The van der Waals surface area contributed by atoms with Gasteiger partial charge in [0.1, 0.15) is 5.16 Å². The second-order valence-electron chi connectivity index (χ2n) is 2.65. The van der Waals surface area contributed by atoms with Crippen molar-refractivity contribution in [3.63, 3.8) is 0 Å².